The van der Waals surface area contributed by atoms with E-state index in [2.05, 4.69) is 5.32 Å². The van der Waals surface area contributed by atoms with E-state index in [0.717, 1.165) is 11.3 Å². The first-order valence-corrected chi connectivity index (χ1v) is 7.71. The minimum atomic E-state index is -0.0801. The van der Waals surface area contributed by atoms with Crippen molar-refractivity contribution in [2.24, 2.45) is 0 Å². The van der Waals surface area contributed by atoms with Crippen molar-refractivity contribution in [3.63, 3.8) is 0 Å². The first kappa shape index (κ1) is 17.0. The molecule has 0 aliphatic carbocycles. The summed E-state index contributed by atoms with van der Waals surface area (Å²) in [7, 11) is 0. The molecular formula is C18H22N2O3. The lowest BCUT2D eigenvalue weighted by molar-refractivity contribution is -0.121. The Kier molecular flexibility index (Phi) is 6.56. The van der Waals surface area contributed by atoms with Crippen molar-refractivity contribution in [2.45, 2.75) is 26.5 Å². The number of hydrogen-bond donors (Lipinski definition) is 1. The third-order valence-corrected chi connectivity index (χ3v) is 3.51. The lowest BCUT2D eigenvalue weighted by Crippen LogP contribution is -2.30. The van der Waals surface area contributed by atoms with Crippen LogP contribution in [0.25, 0.3) is 0 Å². The molecule has 122 valence electrons. The predicted molar refractivity (Wildman–Crippen MR) is 89.2 cm³/mol. The second-order valence-electron chi connectivity index (χ2n) is 5.30. The smallest absolute Gasteiger partial charge is 0.250 e. The molecule has 1 N–H and O–H groups in total. The van der Waals surface area contributed by atoms with Crippen molar-refractivity contribution < 1.29 is 9.53 Å². The number of aryl methyl sites for hydroxylation is 1. The number of ether oxygens (including phenoxy) is 1. The quantitative estimate of drug-likeness (QED) is 0.757. The SMILES string of the molecule is Cc1cccc(=O)n1CCC(=O)NCCOCc1ccccc1. The van der Waals surface area contributed by atoms with Crippen molar-refractivity contribution >= 4 is 5.91 Å². The first-order valence-electron chi connectivity index (χ1n) is 7.71. The lowest BCUT2D eigenvalue weighted by Gasteiger charge is -2.10. The van der Waals surface area contributed by atoms with Crippen molar-refractivity contribution in [3.8, 4) is 0 Å². The predicted octanol–water partition coefficient (Wildman–Crippen LogP) is 1.88. The van der Waals surface area contributed by atoms with Crippen LogP contribution in [0, 0.1) is 6.92 Å². The van der Waals surface area contributed by atoms with Crippen LogP contribution in [0.5, 0.6) is 0 Å². The molecule has 1 aromatic heterocycles. The van der Waals surface area contributed by atoms with Gasteiger partial charge in [-0.2, -0.15) is 0 Å². The van der Waals surface area contributed by atoms with Crippen LogP contribution in [-0.2, 0) is 22.7 Å². The molecule has 5 heteroatoms. The van der Waals surface area contributed by atoms with E-state index in [4.69, 9.17) is 4.74 Å². The van der Waals surface area contributed by atoms with Gasteiger partial charge in [0.25, 0.3) is 5.56 Å². The molecule has 23 heavy (non-hydrogen) atoms. The molecule has 2 aromatic rings. The summed E-state index contributed by atoms with van der Waals surface area (Å²) in [6.45, 7) is 3.72. The average molecular weight is 314 g/mol. The van der Waals surface area contributed by atoms with Gasteiger partial charge in [-0.05, 0) is 18.6 Å². The number of benzene rings is 1. The summed E-state index contributed by atoms with van der Waals surface area (Å²) in [5.41, 5.74) is 1.89. The summed E-state index contributed by atoms with van der Waals surface area (Å²) >= 11 is 0. The molecule has 2 rings (SSSR count). The summed E-state index contributed by atoms with van der Waals surface area (Å²) in [6, 6.07) is 15.0. The average Bonchev–Trinajstić information content (AvgIpc) is 2.55. The van der Waals surface area contributed by atoms with Crippen molar-refractivity contribution in [3.05, 3.63) is 70.1 Å². The van der Waals surface area contributed by atoms with Gasteiger partial charge < -0.3 is 14.6 Å². The van der Waals surface area contributed by atoms with Crippen LogP contribution in [0.15, 0.2) is 53.3 Å². The zero-order chi connectivity index (χ0) is 16.5. The molecule has 0 aliphatic heterocycles. The third kappa shape index (κ3) is 5.71. The largest absolute Gasteiger partial charge is 0.375 e. The van der Waals surface area contributed by atoms with Gasteiger partial charge in [0.1, 0.15) is 0 Å². The van der Waals surface area contributed by atoms with Crippen molar-refractivity contribution in [2.75, 3.05) is 13.2 Å². The van der Waals surface area contributed by atoms with Crippen LogP contribution < -0.4 is 10.9 Å². The highest BCUT2D eigenvalue weighted by atomic mass is 16.5. The van der Waals surface area contributed by atoms with Crippen LogP contribution in [0.4, 0.5) is 0 Å². The molecule has 0 spiro atoms. The second kappa shape index (κ2) is 8.90. The van der Waals surface area contributed by atoms with E-state index >= 15 is 0 Å². The van der Waals surface area contributed by atoms with Gasteiger partial charge in [-0.3, -0.25) is 9.59 Å². The van der Waals surface area contributed by atoms with Crippen LogP contribution in [-0.4, -0.2) is 23.6 Å². The molecule has 5 nitrogen and oxygen atoms in total. The molecule has 1 aromatic carbocycles. The Morgan fingerprint density at radius 1 is 1.13 bits per heavy atom. The number of hydrogen-bond acceptors (Lipinski definition) is 3. The number of rotatable bonds is 8. The van der Waals surface area contributed by atoms with E-state index in [1.165, 1.54) is 6.07 Å². The summed E-state index contributed by atoms with van der Waals surface area (Å²) in [4.78, 5) is 23.5. The van der Waals surface area contributed by atoms with E-state index in [9.17, 15) is 9.59 Å². The Balaban J connectivity index is 1.63. The Bertz CT molecular complexity index is 680. The number of nitrogens with one attached hydrogen (secondary N) is 1. The summed E-state index contributed by atoms with van der Waals surface area (Å²) in [5.74, 6) is -0.0801. The molecule has 0 bridgehead atoms. The fraction of sp³-hybridized carbons (Fsp3) is 0.333. The summed E-state index contributed by atoms with van der Waals surface area (Å²) in [5, 5.41) is 2.80. The molecular weight excluding hydrogens is 292 g/mol. The molecule has 1 amide bonds. The normalized spacial score (nSPS) is 10.5. The van der Waals surface area contributed by atoms with Gasteiger partial charge in [0.15, 0.2) is 0 Å². The van der Waals surface area contributed by atoms with Gasteiger partial charge in [-0.1, -0.05) is 36.4 Å². The zero-order valence-electron chi connectivity index (χ0n) is 13.3. The highest BCUT2D eigenvalue weighted by molar-refractivity contribution is 5.75. The number of aromatic nitrogens is 1. The Labute approximate surface area is 135 Å². The van der Waals surface area contributed by atoms with Gasteiger partial charge >= 0.3 is 0 Å². The molecule has 1 heterocycles. The van der Waals surface area contributed by atoms with Gasteiger partial charge in [-0.15, -0.1) is 0 Å². The molecule has 0 aliphatic rings. The number of carbonyl (C=O) groups is 1. The molecule has 0 radical (unpaired) electrons. The van der Waals surface area contributed by atoms with E-state index in [1.807, 2.05) is 43.3 Å². The molecule has 0 saturated heterocycles. The topological polar surface area (TPSA) is 60.3 Å². The van der Waals surface area contributed by atoms with Gasteiger partial charge in [-0.25, -0.2) is 0 Å². The maximum Gasteiger partial charge on any atom is 0.250 e. The first-order chi connectivity index (χ1) is 11.2. The minimum Gasteiger partial charge on any atom is -0.375 e. The van der Waals surface area contributed by atoms with Crippen LogP contribution >= 0.6 is 0 Å². The molecule has 0 fully saturated rings. The number of amides is 1. The Morgan fingerprint density at radius 2 is 1.91 bits per heavy atom. The highest BCUT2D eigenvalue weighted by Crippen LogP contribution is 2.00. The van der Waals surface area contributed by atoms with Gasteiger partial charge in [0, 0.05) is 31.3 Å². The standard InChI is InChI=1S/C18H22N2O3/c1-15-6-5-9-18(22)20(15)12-10-17(21)19-11-13-23-14-16-7-3-2-4-8-16/h2-9H,10-14H2,1H3,(H,19,21). The number of carbonyl (C=O) groups excluding carboxylic acids is 1. The number of pyridine rings is 1. The van der Waals surface area contributed by atoms with E-state index in [-0.39, 0.29) is 17.9 Å². The second-order valence-corrected chi connectivity index (χ2v) is 5.30. The maximum atomic E-state index is 11.8. The van der Waals surface area contributed by atoms with E-state index in [1.54, 1.807) is 10.6 Å². The van der Waals surface area contributed by atoms with Crippen LogP contribution in [0.1, 0.15) is 17.7 Å². The summed E-state index contributed by atoms with van der Waals surface area (Å²) < 4.78 is 7.10. The molecule has 0 atom stereocenters. The lowest BCUT2D eigenvalue weighted by atomic mass is 10.2. The highest BCUT2D eigenvalue weighted by Gasteiger charge is 2.04. The van der Waals surface area contributed by atoms with Gasteiger partial charge in [0.2, 0.25) is 5.91 Å². The fourth-order valence-electron chi connectivity index (χ4n) is 2.24. The third-order valence-electron chi connectivity index (χ3n) is 3.51. The maximum absolute atomic E-state index is 11.8. The fourth-order valence-corrected chi connectivity index (χ4v) is 2.24. The number of nitrogens with zero attached hydrogens (tertiary/aromatic N) is 1. The molecule has 0 unspecified atom stereocenters. The Morgan fingerprint density at radius 3 is 2.65 bits per heavy atom. The zero-order valence-corrected chi connectivity index (χ0v) is 13.3. The van der Waals surface area contributed by atoms with E-state index < -0.39 is 0 Å². The van der Waals surface area contributed by atoms with Crippen LogP contribution in [0.3, 0.4) is 0 Å². The van der Waals surface area contributed by atoms with Crippen LogP contribution in [0.2, 0.25) is 0 Å². The van der Waals surface area contributed by atoms with E-state index in [0.29, 0.717) is 26.3 Å². The Hall–Kier alpha value is -2.40. The summed E-state index contributed by atoms with van der Waals surface area (Å²) in [6.07, 6.45) is 0.281. The minimum absolute atomic E-state index is 0.0796. The van der Waals surface area contributed by atoms with Crippen molar-refractivity contribution in [1.29, 1.82) is 0 Å². The monoisotopic (exact) mass is 314 g/mol. The van der Waals surface area contributed by atoms with Gasteiger partial charge in [0.05, 0.1) is 13.2 Å². The molecule has 0 saturated carbocycles. The van der Waals surface area contributed by atoms with Crippen molar-refractivity contribution in [1.82, 2.24) is 9.88 Å².